The van der Waals surface area contributed by atoms with Crippen LogP contribution in [0.25, 0.3) is 0 Å². The lowest BCUT2D eigenvalue weighted by Gasteiger charge is -2.11. The summed E-state index contributed by atoms with van der Waals surface area (Å²) in [5.74, 6) is 0. The first kappa shape index (κ1) is 17.7. The first-order chi connectivity index (χ1) is 10.9. The zero-order chi connectivity index (χ0) is 16.9. The predicted molar refractivity (Wildman–Crippen MR) is 98.6 cm³/mol. The molecule has 0 saturated heterocycles. The molecule has 2 aromatic rings. The number of sulfonamides is 1. The van der Waals surface area contributed by atoms with Crippen molar-refractivity contribution in [3.63, 3.8) is 0 Å². The summed E-state index contributed by atoms with van der Waals surface area (Å²) in [4.78, 5) is 0.207. The van der Waals surface area contributed by atoms with Crippen LogP contribution in [0.3, 0.4) is 0 Å². The van der Waals surface area contributed by atoms with E-state index in [0.29, 0.717) is 22.4 Å². The molecule has 0 aliphatic carbocycles. The number of halogens is 1. The fraction of sp³-hybridized carbons (Fsp3) is 0.133. The van der Waals surface area contributed by atoms with Crippen LogP contribution in [0.15, 0.2) is 53.4 Å². The fourth-order valence-electron chi connectivity index (χ4n) is 1.85. The van der Waals surface area contributed by atoms with E-state index in [9.17, 15) is 8.42 Å². The molecule has 0 aromatic heterocycles. The van der Waals surface area contributed by atoms with Crippen molar-refractivity contribution < 1.29 is 8.42 Å². The molecule has 0 atom stereocenters. The van der Waals surface area contributed by atoms with Crippen molar-refractivity contribution in [2.75, 3.05) is 17.2 Å². The summed E-state index contributed by atoms with van der Waals surface area (Å²) in [6, 6.07) is 13.5. The number of benzene rings is 2. The van der Waals surface area contributed by atoms with Crippen molar-refractivity contribution >= 4 is 50.3 Å². The Hall–Kier alpha value is -1.67. The molecule has 2 rings (SSSR count). The molecule has 0 bridgehead atoms. The van der Waals surface area contributed by atoms with Crippen LogP contribution >= 0.6 is 23.8 Å². The second-order valence-corrected chi connectivity index (χ2v) is 7.23. The summed E-state index contributed by atoms with van der Waals surface area (Å²) in [5.41, 5.74) is 1.45. The number of thiocarbonyl (C=S) groups is 1. The lowest BCUT2D eigenvalue weighted by atomic mass is 10.3. The summed E-state index contributed by atoms with van der Waals surface area (Å²) < 4.78 is 26.2. The van der Waals surface area contributed by atoms with Gasteiger partial charge in [0.15, 0.2) is 5.11 Å². The highest BCUT2D eigenvalue weighted by atomic mass is 35.5. The first-order valence-electron chi connectivity index (χ1n) is 6.84. The maximum absolute atomic E-state index is 11.9. The minimum Gasteiger partial charge on any atom is -0.332 e. The van der Waals surface area contributed by atoms with Gasteiger partial charge in [0.2, 0.25) is 10.0 Å². The van der Waals surface area contributed by atoms with E-state index >= 15 is 0 Å². The van der Waals surface area contributed by atoms with Gasteiger partial charge in [-0.15, -0.1) is 0 Å². The molecule has 0 fully saturated rings. The van der Waals surface area contributed by atoms with Gasteiger partial charge < -0.3 is 10.6 Å². The Morgan fingerprint density at radius 3 is 2.35 bits per heavy atom. The van der Waals surface area contributed by atoms with Crippen LogP contribution in [0.5, 0.6) is 0 Å². The van der Waals surface area contributed by atoms with Crippen LogP contribution in [0.2, 0.25) is 5.02 Å². The Labute approximate surface area is 146 Å². The SMILES string of the molecule is CCNS(=O)(=O)c1ccc(NC(=S)Nc2cccc(Cl)c2)cc1. The molecule has 122 valence electrons. The van der Waals surface area contributed by atoms with Crippen molar-refractivity contribution in [1.29, 1.82) is 0 Å². The van der Waals surface area contributed by atoms with Gasteiger partial charge in [0, 0.05) is 22.9 Å². The van der Waals surface area contributed by atoms with Gasteiger partial charge in [-0.2, -0.15) is 0 Å². The Balaban J connectivity index is 2.02. The second kappa shape index (κ2) is 7.74. The van der Waals surface area contributed by atoms with Crippen LogP contribution in [0.1, 0.15) is 6.92 Å². The number of hydrogen-bond donors (Lipinski definition) is 3. The molecule has 3 N–H and O–H groups in total. The molecular weight excluding hydrogens is 354 g/mol. The summed E-state index contributed by atoms with van der Waals surface area (Å²) >= 11 is 11.1. The van der Waals surface area contributed by atoms with Gasteiger partial charge in [-0.1, -0.05) is 24.6 Å². The minimum atomic E-state index is -3.45. The molecule has 0 aliphatic rings. The third-order valence-electron chi connectivity index (χ3n) is 2.84. The maximum Gasteiger partial charge on any atom is 0.240 e. The lowest BCUT2D eigenvalue weighted by Crippen LogP contribution is -2.23. The van der Waals surface area contributed by atoms with Gasteiger partial charge in [0.25, 0.3) is 0 Å². The Bertz CT molecular complexity index is 793. The molecule has 0 saturated carbocycles. The van der Waals surface area contributed by atoms with Crippen molar-refractivity contribution in [2.45, 2.75) is 11.8 Å². The molecular formula is C15H16ClN3O2S2. The quantitative estimate of drug-likeness (QED) is 0.704. The normalized spacial score (nSPS) is 11.0. The zero-order valence-electron chi connectivity index (χ0n) is 12.3. The van der Waals surface area contributed by atoms with E-state index in [0.717, 1.165) is 5.69 Å². The summed E-state index contributed by atoms with van der Waals surface area (Å²) in [5, 5.41) is 6.98. The predicted octanol–water partition coefficient (Wildman–Crippen LogP) is 3.45. The zero-order valence-corrected chi connectivity index (χ0v) is 14.7. The van der Waals surface area contributed by atoms with E-state index in [2.05, 4.69) is 15.4 Å². The minimum absolute atomic E-state index is 0.207. The van der Waals surface area contributed by atoms with Crippen molar-refractivity contribution in [3.8, 4) is 0 Å². The average Bonchev–Trinajstić information content (AvgIpc) is 2.47. The lowest BCUT2D eigenvalue weighted by molar-refractivity contribution is 0.584. The van der Waals surface area contributed by atoms with E-state index in [1.165, 1.54) is 12.1 Å². The van der Waals surface area contributed by atoms with Gasteiger partial charge in [-0.3, -0.25) is 0 Å². The molecule has 0 amide bonds. The summed E-state index contributed by atoms with van der Waals surface area (Å²) in [7, 11) is -3.45. The fourth-order valence-corrected chi connectivity index (χ4v) is 3.32. The Morgan fingerprint density at radius 1 is 1.09 bits per heavy atom. The van der Waals surface area contributed by atoms with Crippen LogP contribution in [0.4, 0.5) is 11.4 Å². The number of nitrogens with one attached hydrogen (secondary N) is 3. The number of hydrogen-bond acceptors (Lipinski definition) is 3. The standard InChI is InChI=1S/C15H16ClN3O2S2/c1-2-17-23(20,21)14-8-6-12(7-9-14)18-15(22)19-13-5-3-4-11(16)10-13/h3-10,17H,2H2,1H3,(H2,18,19,22). The highest BCUT2D eigenvalue weighted by Gasteiger charge is 2.11. The molecule has 2 aromatic carbocycles. The van der Waals surface area contributed by atoms with E-state index in [4.69, 9.17) is 23.8 Å². The van der Waals surface area contributed by atoms with E-state index < -0.39 is 10.0 Å². The average molecular weight is 370 g/mol. The van der Waals surface area contributed by atoms with Crippen LogP contribution in [-0.2, 0) is 10.0 Å². The van der Waals surface area contributed by atoms with Crippen molar-refractivity contribution in [1.82, 2.24) is 4.72 Å². The Morgan fingerprint density at radius 2 is 1.74 bits per heavy atom. The van der Waals surface area contributed by atoms with Gasteiger partial charge >= 0.3 is 0 Å². The van der Waals surface area contributed by atoms with Gasteiger partial charge in [-0.25, -0.2) is 13.1 Å². The molecule has 0 heterocycles. The molecule has 0 spiro atoms. The third-order valence-corrected chi connectivity index (χ3v) is 4.84. The third kappa shape index (κ3) is 5.18. The van der Waals surface area contributed by atoms with Crippen molar-refractivity contribution in [2.24, 2.45) is 0 Å². The van der Waals surface area contributed by atoms with Gasteiger partial charge in [-0.05, 0) is 54.7 Å². The smallest absolute Gasteiger partial charge is 0.240 e. The number of anilines is 2. The highest BCUT2D eigenvalue weighted by Crippen LogP contribution is 2.17. The molecule has 8 heteroatoms. The van der Waals surface area contributed by atoms with Crippen molar-refractivity contribution in [3.05, 3.63) is 53.6 Å². The molecule has 5 nitrogen and oxygen atoms in total. The number of rotatable bonds is 5. The largest absolute Gasteiger partial charge is 0.332 e. The monoisotopic (exact) mass is 369 g/mol. The van der Waals surface area contributed by atoms with Gasteiger partial charge in [0.05, 0.1) is 4.90 Å². The van der Waals surface area contributed by atoms with E-state index in [-0.39, 0.29) is 4.90 Å². The van der Waals surface area contributed by atoms with Crippen LogP contribution < -0.4 is 15.4 Å². The topological polar surface area (TPSA) is 70.2 Å². The molecule has 0 aliphatic heterocycles. The molecule has 0 unspecified atom stereocenters. The van der Waals surface area contributed by atoms with E-state index in [1.54, 1.807) is 31.2 Å². The second-order valence-electron chi connectivity index (χ2n) is 4.62. The van der Waals surface area contributed by atoms with Gasteiger partial charge in [0.1, 0.15) is 0 Å². The van der Waals surface area contributed by atoms with Crippen LogP contribution in [0, 0.1) is 0 Å². The summed E-state index contributed by atoms with van der Waals surface area (Å²) in [6.45, 7) is 2.07. The Kier molecular flexibility index (Phi) is 5.95. The van der Waals surface area contributed by atoms with Crippen LogP contribution in [-0.4, -0.2) is 20.1 Å². The molecule has 23 heavy (non-hydrogen) atoms. The molecule has 0 radical (unpaired) electrons. The maximum atomic E-state index is 11.9. The first-order valence-corrected chi connectivity index (χ1v) is 9.11. The summed E-state index contributed by atoms with van der Waals surface area (Å²) in [6.07, 6.45) is 0. The van der Waals surface area contributed by atoms with E-state index in [1.807, 2.05) is 12.1 Å². The highest BCUT2D eigenvalue weighted by molar-refractivity contribution is 7.89.